The van der Waals surface area contributed by atoms with Crippen LogP contribution < -0.4 is 4.90 Å². The maximum atomic E-state index is 11.7. The fourth-order valence-electron chi connectivity index (χ4n) is 1.27. The number of carbonyl (C=O) groups is 2. The van der Waals surface area contributed by atoms with E-state index in [0.717, 1.165) is 0 Å². The van der Waals surface area contributed by atoms with E-state index < -0.39 is 12.0 Å². The molecule has 0 aliphatic heterocycles. The van der Waals surface area contributed by atoms with Crippen LogP contribution in [0, 0.1) is 12.3 Å². The zero-order valence-corrected chi connectivity index (χ0v) is 9.65. The van der Waals surface area contributed by atoms with Crippen molar-refractivity contribution in [3.63, 3.8) is 0 Å². The molecule has 0 aliphatic carbocycles. The molecule has 0 saturated heterocycles. The van der Waals surface area contributed by atoms with Crippen LogP contribution in [0.2, 0.25) is 5.02 Å². The van der Waals surface area contributed by atoms with Crippen molar-refractivity contribution < 1.29 is 14.7 Å². The van der Waals surface area contributed by atoms with Crippen LogP contribution in [-0.2, 0) is 4.79 Å². The summed E-state index contributed by atoms with van der Waals surface area (Å²) in [5, 5.41) is 9.36. The summed E-state index contributed by atoms with van der Waals surface area (Å²) in [7, 11) is 0. The minimum Gasteiger partial charge on any atom is -0.464 e. The highest BCUT2D eigenvalue weighted by molar-refractivity contribution is 6.31. The Morgan fingerprint density at radius 3 is 2.71 bits per heavy atom. The number of benzene rings is 1. The van der Waals surface area contributed by atoms with Gasteiger partial charge in [0.25, 0.3) is 0 Å². The van der Waals surface area contributed by atoms with Crippen molar-refractivity contribution in [1.82, 2.24) is 0 Å². The number of anilines is 1. The maximum Gasteiger partial charge on any atom is 0.418 e. The van der Waals surface area contributed by atoms with Gasteiger partial charge in [0.2, 0.25) is 5.91 Å². The Hall–Kier alpha value is -1.99. The predicted molar refractivity (Wildman–Crippen MR) is 65.0 cm³/mol. The summed E-state index contributed by atoms with van der Waals surface area (Å²) in [6.45, 7) is 0. The summed E-state index contributed by atoms with van der Waals surface area (Å²) >= 11 is 5.74. The lowest BCUT2D eigenvalue weighted by Gasteiger charge is -2.16. The van der Waals surface area contributed by atoms with E-state index in [2.05, 4.69) is 5.92 Å². The molecule has 4 nitrogen and oxygen atoms in total. The van der Waals surface area contributed by atoms with E-state index in [0.29, 0.717) is 9.92 Å². The van der Waals surface area contributed by atoms with E-state index in [1.165, 1.54) is 12.1 Å². The van der Waals surface area contributed by atoms with Gasteiger partial charge in [0.1, 0.15) is 0 Å². The number of hydrogen-bond donors (Lipinski definition) is 1. The second-order valence-electron chi connectivity index (χ2n) is 3.20. The van der Waals surface area contributed by atoms with Crippen LogP contribution in [0.25, 0.3) is 0 Å². The third kappa shape index (κ3) is 3.51. The molecule has 0 unspecified atom stereocenters. The lowest BCUT2D eigenvalue weighted by molar-refractivity contribution is -0.118. The molecule has 0 atom stereocenters. The highest BCUT2D eigenvalue weighted by atomic mass is 35.5. The van der Waals surface area contributed by atoms with Crippen molar-refractivity contribution in [1.29, 1.82) is 0 Å². The monoisotopic (exact) mass is 251 g/mol. The number of carboxylic acid groups (broad SMARTS) is 1. The normalized spacial score (nSPS) is 9.41. The number of terminal acetylenes is 1. The molecule has 0 aliphatic rings. The molecule has 0 spiro atoms. The molecule has 0 radical (unpaired) electrons. The van der Waals surface area contributed by atoms with Crippen LogP contribution >= 0.6 is 11.6 Å². The fourth-order valence-corrected chi connectivity index (χ4v) is 1.45. The van der Waals surface area contributed by atoms with Crippen LogP contribution in [0.5, 0.6) is 0 Å². The Kier molecular flexibility index (Phi) is 4.56. The molecule has 0 heterocycles. The quantitative estimate of drug-likeness (QED) is 0.841. The van der Waals surface area contributed by atoms with Gasteiger partial charge in [0, 0.05) is 17.9 Å². The topological polar surface area (TPSA) is 57.6 Å². The maximum absolute atomic E-state index is 11.7. The molecule has 0 aromatic heterocycles. The second kappa shape index (κ2) is 5.92. The highest BCUT2D eigenvalue weighted by Crippen LogP contribution is 2.20. The van der Waals surface area contributed by atoms with Crippen molar-refractivity contribution in [2.45, 2.75) is 12.8 Å². The van der Waals surface area contributed by atoms with Gasteiger partial charge >= 0.3 is 6.09 Å². The zero-order chi connectivity index (χ0) is 12.8. The number of rotatable bonds is 3. The number of carbonyl (C=O) groups excluding carboxylic acids is 1. The minimum atomic E-state index is -1.35. The molecule has 17 heavy (non-hydrogen) atoms. The van der Waals surface area contributed by atoms with Crippen LogP contribution in [-0.4, -0.2) is 17.1 Å². The van der Waals surface area contributed by atoms with Crippen molar-refractivity contribution in [2.75, 3.05) is 4.90 Å². The van der Waals surface area contributed by atoms with Gasteiger partial charge in [-0.3, -0.25) is 4.79 Å². The smallest absolute Gasteiger partial charge is 0.418 e. The summed E-state index contributed by atoms with van der Waals surface area (Å²) < 4.78 is 0. The summed E-state index contributed by atoms with van der Waals surface area (Å²) in [4.78, 5) is 23.3. The average Bonchev–Trinajstić information content (AvgIpc) is 2.26. The third-order valence-corrected chi connectivity index (χ3v) is 2.23. The first-order chi connectivity index (χ1) is 8.06. The molecule has 1 rings (SSSR count). The van der Waals surface area contributed by atoms with Crippen LogP contribution in [0.4, 0.5) is 10.5 Å². The molecule has 5 heteroatoms. The molecule has 2 amide bonds. The molecule has 1 N–H and O–H groups in total. The van der Waals surface area contributed by atoms with Gasteiger partial charge in [0.15, 0.2) is 0 Å². The highest BCUT2D eigenvalue weighted by Gasteiger charge is 2.22. The van der Waals surface area contributed by atoms with Gasteiger partial charge in [0.05, 0.1) is 5.69 Å². The molecule has 0 bridgehead atoms. The summed E-state index contributed by atoms with van der Waals surface area (Å²) in [6.07, 6.45) is 3.85. The SMILES string of the molecule is C#CCCC(=O)N(C(=O)O)c1cccc(Cl)c1. The van der Waals surface area contributed by atoms with E-state index >= 15 is 0 Å². The number of amides is 2. The van der Waals surface area contributed by atoms with Crippen LogP contribution in [0.15, 0.2) is 24.3 Å². The van der Waals surface area contributed by atoms with Crippen LogP contribution in [0.3, 0.4) is 0 Å². The zero-order valence-electron chi connectivity index (χ0n) is 8.89. The molecule has 88 valence electrons. The molecular formula is C12H10ClNO3. The van der Waals surface area contributed by atoms with E-state index in [1.54, 1.807) is 12.1 Å². The predicted octanol–water partition coefficient (Wildman–Crippen LogP) is 2.76. The lowest BCUT2D eigenvalue weighted by atomic mass is 10.2. The Morgan fingerprint density at radius 2 is 2.18 bits per heavy atom. The number of nitrogens with zero attached hydrogens (tertiary/aromatic N) is 1. The molecule has 1 aromatic carbocycles. The number of imide groups is 1. The lowest BCUT2D eigenvalue weighted by Crippen LogP contribution is -2.35. The van der Waals surface area contributed by atoms with Gasteiger partial charge in [-0.1, -0.05) is 17.7 Å². The first kappa shape index (κ1) is 13.1. The number of halogens is 1. The van der Waals surface area contributed by atoms with Gasteiger partial charge in [-0.15, -0.1) is 12.3 Å². The summed E-state index contributed by atoms with van der Waals surface area (Å²) in [6, 6.07) is 6.07. The fraction of sp³-hybridized carbons (Fsp3) is 0.167. The first-order valence-electron chi connectivity index (χ1n) is 4.81. The van der Waals surface area contributed by atoms with Crippen molar-refractivity contribution in [2.24, 2.45) is 0 Å². The van der Waals surface area contributed by atoms with Gasteiger partial charge in [-0.25, -0.2) is 9.69 Å². The Labute approximate surface area is 104 Å². The Bertz CT molecular complexity index is 479. The van der Waals surface area contributed by atoms with Crippen molar-refractivity contribution >= 4 is 29.3 Å². The van der Waals surface area contributed by atoms with E-state index in [1.807, 2.05) is 0 Å². The molecule has 0 saturated carbocycles. The minimum absolute atomic E-state index is 0.0185. The first-order valence-corrected chi connectivity index (χ1v) is 5.19. The largest absolute Gasteiger partial charge is 0.464 e. The Balaban J connectivity index is 2.98. The number of hydrogen-bond acceptors (Lipinski definition) is 2. The standard InChI is InChI=1S/C12H10ClNO3/c1-2-3-7-11(15)14(12(16)17)10-6-4-5-9(13)8-10/h1,4-6,8H,3,7H2,(H,16,17). The summed E-state index contributed by atoms with van der Waals surface area (Å²) in [5.74, 6) is 1.72. The van der Waals surface area contributed by atoms with Crippen molar-refractivity contribution in [3.8, 4) is 12.3 Å². The van der Waals surface area contributed by atoms with E-state index in [9.17, 15) is 9.59 Å². The van der Waals surface area contributed by atoms with Gasteiger partial charge in [-0.05, 0) is 18.2 Å². The summed E-state index contributed by atoms with van der Waals surface area (Å²) in [5.41, 5.74) is 0.215. The van der Waals surface area contributed by atoms with E-state index in [-0.39, 0.29) is 18.5 Å². The average molecular weight is 252 g/mol. The van der Waals surface area contributed by atoms with Crippen molar-refractivity contribution in [3.05, 3.63) is 29.3 Å². The van der Waals surface area contributed by atoms with Crippen LogP contribution in [0.1, 0.15) is 12.8 Å². The van der Waals surface area contributed by atoms with E-state index in [4.69, 9.17) is 23.1 Å². The van der Waals surface area contributed by atoms with Gasteiger partial charge < -0.3 is 5.11 Å². The third-order valence-electron chi connectivity index (χ3n) is 1.99. The molecule has 0 fully saturated rings. The van der Waals surface area contributed by atoms with Gasteiger partial charge in [-0.2, -0.15) is 0 Å². The molecular weight excluding hydrogens is 242 g/mol. The molecule has 1 aromatic rings. The Morgan fingerprint density at radius 1 is 1.47 bits per heavy atom. The second-order valence-corrected chi connectivity index (χ2v) is 3.63.